The Morgan fingerprint density at radius 2 is 1.87 bits per heavy atom. The van der Waals surface area contributed by atoms with Gasteiger partial charge in [0.2, 0.25) is 0 Å². The predicted octanol–water partition coefficient (Wildman–Crippen LogP) is 2.60. The van der Waals surface area contributed by atoms with Crippen LogP contribution in [0.1, 0.15) is 40.7 Å². The zero-order valence-electron chi connectivity index (χ0n) is 16.9. The van der Waals surface area contributed by atoms with Gasteiger partial charge in [0, 0.05) is 6.54 Å². The number of esters is 1. The van der Waals surface area contributed by atoms with Crippen LogP contribution in [0.2, 0.25) is 0 Å². The number of carboxylic acid groups (broad SMARTS) is 1. The Kier molecular flexibility index (Phi) is 6.21. The number of aromatic nitrogens is 2. The Hall–Kier alpha value is -3.20. The lowest BCUT2D eigenvalue weighted by Gasteiger charge is -2.15. The van der Waals surface area contributed by atoms with Crippen molar-refractivity contribution in [3.05, 3.63) is 67.2 Å². The molecule has 0 aliphatic carbocycles. The molecule has 1 atom stereocenters. The van der Waals surface area contributed by atoms with Crippen molar-refractivity contribution < 1.29 is 19.4 Å². The second-order valence-corrected chi connectivity index (χ2v) is 7.82. The minimum atomic E-state index is -1.34. The largest absolute Gasteiger partial charge is 0.480 e. The third-order valence-electron chi connectivity index (χ3n) is 4.92. The number of ether oxygens (including phenoxy) is 1. The zero-order chi connectivity index (χ0) is 22.0. The van der Waals surface area contributed by atoms with Crippen LogP contribution in [-0.4, -0.2) is 32.8 Å². The van der Waals surface area contributed by atoms with E-state index in [1.807, 2.05) is 30.3 Å². The van der Waals surface area contributed by atoms with Gasteiger partial charge in [-0.05, 0) is 38.3 Å². The van der Waals surface area contributed by atoms with Crippen LogP contribution in [0.3, 0.4) is 0 Å². The number of hydrogen-bond donors (Lipinski definition) is 1. The van der Waals surface area contributed by atoms with E-state index < -0.39 is 29.2 Å². The number of hydrogen-bond acceptors (Lipinski definition) is 6. The Labute approximate surface area is 176 Å². The van der Waals surface area contributed by atoms with E-state index in [1.165, 1.54) is 11.5 Å². The molecule has 0 saturated heterocycles. The van der Waals surface area contributed by atoms with Crippen molar-refractivity contribution in [3.63, 3.8) is 0 Å². The molecule has 0 spiro atoms. The molecule has 0 aliphatic rings. The SMILES string of the molecule is CCOC(=O)c1sc2c(c1C)c(=O)n([C@H](C)C(=O)O)c(=O)n2CCc1ccccc1. The average Bonchev–Trinajstić information content (AvgIpc) is 3.06. The summed E-state index contributed by atoms with van der Waals surface area (Å²) in [5.74, 6) is -1.86. The molecule has 3 rings (SSSR count). The summed E-state index contributed by atoms with van der Waals surface area (Å²) >= 11 is 1.02. The van der Waals surface area contributed by atoms with Gasteiger partial charge < -0.3 is 9.84 Å². The number of aliphatic carboxylic acids is 1. The molecular weight excluding hydrogens is 408 g/mol. The van der Waals surface area contributed by atoms with E-state index in [1.54, 1.807) is 13.8 Å². The fourth-order valence-electron chi connectivity index (χ4n) is 3.29. The molecule has 0 fully saturated rings. The van der Waals surface area contributed by atoms with Crippen LogP contribution >= 0.6 is 11.3 Å². The summed E-state index contributed by atoms with van der Waals surface area (Å²) in [6.07, 6.45) is 0.501. The number of carbonyl (C=O) groups is 2. The lowest BCUT2D eigenvalue weighted by atomic mass is 10.1. The van der Waals surface area contributed by atoms with Crippen LogP contribution in [0.25, 0.3) is 10.2 Å². The highest BCUT2D eigenvalue weighted by Gasteiger charge is 2.27. The number of fused-ring (bicyclic) bond motifs is 1. The lowest BCUT2D eigenvalue weighted by Crippen LogP contribution is -2.43. The molecule has 8 nitrogen and oxygen atoms in total. The van der Waals surface area contributed by atoms with Crippen molar-refractivity contribution in [2.24, 2.45) is 0 Å². The van der Waals surface area contributed by atoms with Crippen molar-refractivity contribution in [1.29, 1.82) is 0 Å². The van der Waals surface area contributed by atoms with Crippen molar-refractivity contribution in [2.75, 3.05) is 6.61 Å². The lowest BCUT2D eigenvalue weighted by molar-refractivity contribution is -0.140. The van der Waals surface area contributed by atoms with E-state index in [0.29, 0.717) is 16.8 Å². The molecule has 1 aromatic carbocycles. The Balaban J connectivity index is 2.27. The number of rotatable bonds is 7. The van der Waals surface area contributed by atoms with Gasteiger partial charge in [0.15, 0.2) is 0 Å². The van der Waals surface area contributed by atoms with Crippen LogP contribution in [0.4, 0.5) is 0 Å². The summed E-state index contributed by atoms with van der Waals surface area (Å²) < 4.78 is 7.19. The van der Waals surface area contributed by atoms with E-state index in [4.69, 9.17) is 4.74 Å². The summed E-state index contributed by atoms with van der Waals surface area (Å²) in [5.41, 5.74) is -0.0566. The first-order valence-electron chi connectivity index (χ1n) is 9.50. The smallest absolute Gasteiger partial charge is 0.348 e. The maximum Gasteiger partial charge on any atom is 0.348 e. The highest BCUT2D eigenvalue weighted by atomic mass is 32.1. The fourth-order valence-corrected chi connectivity index (χ4v) is 4.50. The first-order valence-corrected chi connectivity index (χ1v) is 10.3. The van der Waals surface area contributed by atoms with Gasteiger partial charge in [-0.2, -0.15) is 0 Å². The Morgan fingerprint density at radius 1 is 1.20 bits per heavy atom. The van der Waals surface area contributed by atoms with Gasteiger partial charge in [-0.25, -0.2) is 19.0 Å². The van der Waals surface area contributed by atoms with Crippen LogP contribution in [0.5, 0.6) is 0 Å². The highest BCUT2D eigenvalue weighted by molar-refractivity contribution is 7.20. The molecule has 0 radical (unpaired) electrons. The van der Waals surface area contributed by atoms with Gasteiger partial charge >= 0.3 is 17.6 Å². The van der Waals surface area contributed by atoms with Crippen molar-refractivity contribution in [2.45, 2.75) is 39.8 Å². The number of nitrogens with zero attached hydrogens (tertiary/aromatic N) is 2. The molecule has 0 saturated carbocycles. The molecule has 0 bridgehead atoms. The molecule has 9 heteroatoms. The van der Waals surface area contributed by atoms with Crippen molar-refractivity contribution in [3.8, 4) is 0 Å². The van der Waals surface area contributed by atoms with Gasteiger partial charge in [-0.3, -0.25) is 9.36 Å². The standard InChI is InChI=1S/C21H22N2O6S/c1-4-29-20(27)16-12(2)15-17(24)23(13(3)19(25)26)21(28)22(18(15)30-16)11-10-14-8-6-5-7-9-14/h5-9,13H,4,10-11H2,1-3H3,(H,25,26)/t13-/m1/s1. The van der Waals surface area contributed by atoms with E-state index in [2.05, 4.69) is 0 Å². The second-order valence-electron chi connectivity index (χ2n) is 6.82. The van der Waals surface area contributed by atoms with E-state index in [9.17, 15) is 24.3 Å². The third kappa shape index (κ3) is 3.80. The molecule has 2 aromatic heterocycles. The average molecular weight is 430 g/mol. The van der Waals surface area contributed by atoms with E-state index in [-0.39, 0.29) is 23.4 Å². The summed E-state index contributed by atoms with van der Waals surface area (Å²) in [6.45, 7) is 4.97. The van der Waals surface area contributed by atoms with Gasteiger partial charge in [0.05, 0.1) is 12.0 Å². The van der Waals surface area contributed by atoms with Crippen LogP contribution in [-0.2, 0) is 22.5 Å². The molecule has 2 heterocycles. The number of carboxylic acids is 1. The monoisotopic (exact) mass is 430 g/mol. The van der Waals surface area contributed by atoms with Gasteiger partial charge in [-0.1, -0.05) is 30.3 Å². The number of aryl methyl sites for hydroxylation is 3. The summed E-state index contributed by atoms with van der Waals surface area (Å²) in [5, 5.41) is 9.58. The number of benzene rings is 1. The zero-order valence-corrected chi connectivity index (χ0v) is 17.7. The molecular formula is C21H22N2O6S. The van der Waals surface area contributed by atoms with Gasteiger partial charge in [0.25, 0.3) is 5.56 Å². The summed E-state index contributed by atoms with van der Waals surface area (Å²) in [4.78, 5) is 50.7. The van der Waals surface area contributed by atoms with Crippen LogP contribution in [0, 0.1) is 6.92 Å². The first kappa shape index (κ1) is 21.5. The molecule has 3 aromatic rings. The summed E-state index contributed by atoms with van der Waals surface area (Å²) in [7, 11) is 0. The third-order valence-corrected chi connectivity index (χ3v) is 6.21. The predicted molar refractivity (Wildman–Crippen MR) is 114 cm³/mol. The molecule has 0 aliphatic heterocycles. The fraction of sp³-hybridized carbons (Fsp3) is 0.333. The molecule has 0 amide bonds. The second kappa shape index (κ2) is 8.66. The molecule has 0 unspecified atom stereocenters. The van der Waals surface area contributed by atoms with Crippen molar-refractivity contribution >= 4 is 33.5 Å². The van der Waals surface area contributed by atoms with Gasteiger partial charge in [-0.15, -0.1) is 11.3 Å². The maximum absolute atomic E-state index is 13.1. The maximum atomic E-state index is 13.1. The molecule has 30 heavy (non-hydrogen) atoms. The first-order chi connectivity index (χ1) is 14.3. The van der Waals surface area contributed by atoms with Crippen molar-refractivity contribution in [1.82, 2.24) is 9.13 Å². The molecule has 158 valence electrons. The normalized spacial score (nSPS) is 12.1. The Bertz CT molecular complexity index is 1220. The number of thiophene rings is 1. The molecule has 1 N–H and O–H groups in total. The van der Waals surface area contributed by atoms with E-state index >= 15 is 0 Å². The van der Waals surface area contributed by atoms with Gasteiger partial charge in [0.1, 0.15) is 15.7 Å². The van der Waals surface area contributed by atoms with Crippen LogP contribution in [0.15, 0.2) is 39.9 Å². The number of carbonyl (C=O) groups excluding carboxylic acids is 1. The minimum Gasteiger partial charge on any atom is -0.480 e. The van der Waals surface area contributed by atoms with Crippen LogP contribution < -0.4 is 11.2 Å². The van der Waals surface area contributed by atoms with E-state index in [0.717, 1.165) is 21.5 Å². The highest BCUT2D eigenvalue weighted by Crippen LogP contribution is 2.29. The minimum absolute atomic E-state index is 0.170. The summed E-state index contributed by atoms with van der Waals surface area (Å²) in [6, 6.07) is 8.15. The Morgan fingerprint density at radius 3 is 2.47 bits per heavy atom. The quantitative estimate of drug-likeness (QED) is 0.578. The topological polar surface area (TPSA) is 108 Å².